The van der Waals surface area contributed by atoms with Gasteiger partial charge < -0.3 is 0 Å². The molecule has 0 spiro atoms. The topological polar surface area (TPSA) is 0 Å². The molecule has 62 valence electrons. The Morgan fingerprint density at radius 3 is 2.64 bits per heavy atom. The zero-order chi connectivity index (χ0) is 9.56. The van der Waals surface area contributed by atoms with E-state index in [0.717, 1.165) is 18.4 Å². The largest absolute Gasteiger partial charge is 0.0958 e. The zero-order valence-electron chi connectivity index (χ0n) is 8.78. The molecule has 0 aliphatic heterocycles. The Morgan fingerprint density at radius 2 is 2.18 bits per heavy atom. The van der Waals surface area contributed by atoms with Crippen LogP contribution < -0.4 is 0 Å². The average molecular weight is 151 g/mol. The molecule has 0 heteroatoms. The van der Waals surface area contributed by atoms with Gasteiger partial charge in [-0.25, -0.2) is 0 Å². The number of hydrogen-bond acceptors (Lipinski definition) is 0. The molecule has 0 heterocycles. The van der Waals surface area contributed by atoms with E-state index in [0.29, 0.717) is 6.05 Å². The Hall–Kier alpha value is -0.780. The number of rotatable bonds is 4. The fraction of sp³-hybridized carbons (Fsp3) is 0.455. The Balaban J connectivity index is 3.81. The summed E-state index contributed by atoms with van der Waals surface area (Å²) in [4.78, 5) is 0. The van der Waals surface area contributed by atoms with Gasteiger partial charge in [0.2, 0.25) is 0 Å². The predicted octanol–water partition coefficient (Wildman–Crippen LogP) is 3.87. The third-order valence-corrected chi connectivity index (χ3v) is 1.35. The Bertz CT molecular complexity index is 205. The fourth-order valence-electron chi connectivity index (χ4n) is 0.811. The third-order valence-electron chi connectivity index (χ3n) is 1.35. The van der Waals surface area contributed by atoms with Gasteiger partial charge in [0.05, 0.1) is 1.37 Å². The van der Waals surface area contributed by atoms with E-state index in [4.69, 9.17) is 1.37 Å². The van der Waals surface area contributed by atoms with Crippen LogP contribution in [-0.2, 0) is 0 Å². The highest BCUT2D eigenvalue weighted by Crippen LogP contribution is 2.05. The minimum Gasteiger partial charge on any atom is -0.0958 e. The van der Waals surface area contributed by atoms with Crippen LogP contribution in [0, 0.1) is 0 Å². The first-order valence-corrected chi connectivity index (χ1v) is 4.02. The summed E-state index contributed by atoms with van der Waals surface area (Å²) in [5, 5.41) is 0. The summed E-state index contributed by atoms with van der Waals surface area (Å²) in [6, 6.07) is 0.567. The molecule has 11 heavy (non-hydrogen) atoms. The predicted molar refractivity (Wildman–Crippen MR) is 52.6 cm³/mol. The lowest BCUT2D eigenvalue weighted by Gasteiger charge is -1.95. The van der Waals surface area contributed by atoms with E-state index >= 15 is 0 Å². The minimum atomic E-state index is 0.567. The second kappa shape index (κ2) is 5.96. The van der Waals surface area contributed by atoms with Crippen LogP contribution in [0.2, 0.25) is 0 Å². The van der Waals surface area contributed by atoms with E-state index in [9.17, 15) is 0 Å². The quantitative estimate of drug-likeness (QED) is 0.422. The Kier molecular flexibility index (Phi) is 4.51. The molecule has 0 atom stereocenters. The summed E-state index contributed by atoms with van der Waals surface area (Å²) in [5.41, 5.74) is 2.25. The van der Waals surface area contributed by atoms with Crippen molar-refractivity contribution in [1.82, 2.24) is 0 Å². The van der Waals surface area contributed by atoms with Crippen LogP contribution in [0.1, 0.15) is 35.0 Å². The highest BCUT2D eigenvalue weighted by atomic mass is 13.9. The molecule has 0 saturated heterocycles. The molecular formula is C11H18. The summed E-state index contributed by atoms with van der Waals surface area (Å²) < 4.78 is 7.45. The smallest absolute Gasteiger partial charge is 0.0622 e. The molecule has 0 amide bonds. The highest BCUT2D eigenvalue weighted by molar-refractivity contribution is 5.14. The second-order valence-electron chi connectivity index (χ2n) is 2.86. The van der Waals surface area contributed by atoms with Crippen molar-refractivity contribution in [2.24, 2.45) is 0 Å². The maximum absolute atomic E-state index is 7.45. The number of allylic oxidation sites excluding steroid dienone is 5. The standard InChI is InChI=1S/C11H18/c1-5-7-11(4)9-6-8-10(2)3/h5,7-8H,4,6,9H2,1-3H3/b7-5+/i7D. The molecule has 0 aliphatic rings. The molecule has 0 unspecified atom stereocenters. The fourth-order valence-corrected chi connectivity index (χ4v) is 0.811. The molecular weight excluding hydrogens is 132 g/mol. The van der Waals surface area contributed by atoms with Gasteiger partial charge in [-0.15, -0.1) is 0 Å². The van der Waals surface area contributed by atoms with Gasteiger partial charge in [-0.3, -0.25) is 0 Å². The van der Waals surface area contributed by atoms with Crippen LogP contribution in [0.3, 0.4) is 0 Å². The van der Waals surface area contributed by atoms with Crippen LogP contribution in [0.25, 0.3) is 0 Å². The molecule has 0 aliphatic carbocycles. The van der Waals surface area contributed by atoms with Crippen molar-refractivity contribution in [2.75, 3.05) is 0 Å². The normalized spacial score (nSPS) is 12.3. The molecule has 0 nitrogen and oxygen atoms in total. The lowest BCUT2D eigenvalue weighted by atomic mass is 10.1. The maximum Gasteiger partial charge on any atom is 0.0622 e. The van der Waals surface area contributed by atoms with E-state index < -0.39 is 0 Å². The molecule has 0 radical (unpaired) electrons. The van der Waals surface area contributed by atoms with Crippen molar-refractivity contribution >= 4 is 0 Å². The number of hydrogen-bond donors (Lipinski definition) is 0. The van der Waals surface area contributed by atoms with Crippen LogP contribution in [0.15, 0.2) is 35.9 Å². The lowest BCUT2D eigenvalue weighted by molar-refractivity contribution is 0.998. The average Bonchev–Trinajstić information content (AvgIpc) is 2.02. The van der Waals surface area contributed by atoms with E-state index in [2.05, 4.69) is 26.5 Å². The third kappa shape index (κ3) is 7.11. The van der Waals surface area contributed by atoms with Gasteiger partial charge in [-0.1, -0.05) is 35.9 Å². The molecule has 0 aromatic rings. The summed E-state index contributed by atoms with van der Waals surface area (Å²) in [6.45, 7) is 9.87. The molecule has 0 aromatic heterocycles. The van der Waals surface area contributed by atoms with Crippen LogP contribution in [0.5, 0.6) is 0 Å². The highest BCUT2D eigenvalue weighted by Gasteiger charge is 1.85. The van der Waals surface area contributed by atoms with Gasteiger partial charge >= 0.3 is 0 Å². The first kappa shape index (κ1) is 8.32. The zero-order valence-corrected chi connectivity index (χ0v) is 7.78. The minimum absolute atomic E-state index is 0.567. The molecule has 0 saturated carbocycles. The van der Waals surface area contributed by atoms with Crippen molar-refractivity contribution in [3.05, 3.63) is 35.9 Å². The van der Waals surface area contributed by atoms with Crippen molar-refractivity contribution < 1.29 is 1.37 Å². The molecule has 0 fully saturated rings. The first-order chi connectivity index (χ1) is 5.57. The van der Waals surface area contributed by atoms with Crippen LogP contribution >= 0.6 is 0 Å². The van der Waals surface area contributed by atoms with Gasteiger partial charge in [0, 0.05) is 0 Å². The maximum atomic E-state index is 7.45. The van der Waals surface area contributed by atoms with Gasteiger partial charge in [0.25, 0.3) is 0 Å². The van der Waals surface area contributed by atoms with Crippen molar-refractivity contribution in [2.45, 2.75) is 33.6 Å². The summed E-state index contributed by atoms with van der Waals surface area (Å²) >= 11 is 0. The Labute approximate surface area is 71.7 Å². The van der Waals surface area contributed by atoms with Gasteiger partial charge in [-0.2, -0.15) is 0 Å². The van der Waals surface area contributed by atoms with E-state index in [1.54, 1.807) is 6.08 Å². The van der Waals surface area contributed by atoms with Crippen molar-refractivity contribution in [1.29, 1.82) is 0 Å². The van der Waals surface area contributed by atoms with Gasteiger partial charge in [-0.05, 0) is 33.6 Å². The SMILES string of the molecule is [2H]/C(=C\C)C(=C)CCC=C(C)C. The summed E-state index contributed by atoms with van der Waals surface area (Å²) in [6.07, 6.45) is 5.85. The molecule has 0 N–H and O–H groups in total. The molecule has 0 bridgehead atoms. The van der Waals surface area contributed by atoms with Crippen LogP contribution in [-0.4, -0.2) is 0 Å². The molecule has 0 aromatic carbocycles. The molecule has 0 rings (SSSR count). The van der Waals surface area contributed by atoms with Gasteiger partial charge in [0.1, 0.15) is 0 Å². The van der Waals surface area contributed by atoms with Gasteiger partial charge in [0.15, 0.2) is 0 Å². The lowest BCUT2D eigenvalue weighted by Crippen LogP contribution is -1.75. The van der Waals surface area contributed by atoms with Crippen LogP contribution in [0.4, 0.5) is 0 Å². The monoisotopic (exact) mass is 151 g/mol. The summed E-state index contributed by atoms with van der Waals surface area (Å²) in [5.74, 6) is 0. The van der Waals surface area contributed by atoms with E-state index in [1.165, 1.54) is 5.57 Å². The Morgan fingerprint density at radius 1 is 1.55 bits per heavy atom. The summed E-state index contributed by atoms with van der Waals surface area (Å²) in [7, 11) is 0. The van der Waals surface area contributed by atoms with E-state index in [1.807, 2.05) is 6.92 Å². The second-order valence-corrected chi connectivity index (χ2v) is 2.86. The first-order valence-electron chi connectivity index (χ1n) is 4.52. The van der Waals surface area contributed by atoms with E-state index in [-0.39, 0.29) is 0 Å². The van der Waals surface area contributed by atoms with Crippen molar-refractivity contribution in [3.63, 3.8) is 0 Å². The van der Waals surface area contributed by atoms with Crippen molar-refractivity contribution in [3.8, 4) is 0 Å².